The van der Waals surface area contributed by atoms with Gasteiger partial charge in [0.2, 0.25) is 0 Å². The summed E-state index contributed by atoms with van der Waals surface area (Å²) in [5, 5.41) is 13.6. The summed E-state index contributed by atoms with van der Waals surface area (Å²) in [4.78, 5) is 16.3. The van der Waals surface area contributed by atoms with Crippen LogP contribution in [0, 0.1) is 0 Å². The van der Waals surface area contributed by atoms with E-state index in [1.54, 1.807) is 17.7 Å². The third-order valence-electron chi connectivity index (χ3n) is 4.38. The van der Waals surface area contributed by atoms with Crippen LogP contribution in [0.25, 0.3) is 10.1 Å². The lowest BCUT2D eigenvalue weighted by Gasteiger charge is -2.23. The van der Waals surface area contributed by atoms with Crippen molar-refractivity contribution in [1.82, 2.24) is 25.4 Å². The lowest BCUT2D eigenvalue weighted by Crippen LogP contribution is -2.46. The van der Waals surface area contributed by atoms with Crippen LogP contribution in [0.2, 0.25) is 0 Å². The average molecular weight is 341 g/mol. The van der Waals surface area contributed by atoms with Crippen molar-refractivity contribution in [3.63, 3.8) is 0 Å². The molecular weight excluding hydrogens is 322 g/mol. The summed E-state index contributed by atoms with van der Waals surface area (Å²) in [6.45, 7) is 1.33. The monoisotopic (exact) mass is 341 g/mol. The van der Waals surface area contributed by atoms with Crippen LogP contribution in [0.15, 0.2) is 36.0 Å². The highest BCUT2D eigenvalue weighted by molar-refractivity contribution is 7.17. The van der Waals surface area contributed by atoms with Crippen molar-refractivity contribution >= 4 is 27.5 Å². The molecule has 7 heteroatoms. The predicted molar refractivity (Wildman–Crippen MR) is 94.2 cm³/mol. The summed E-state index contributed by atoms with van der Waals surface area (Å²) in [5.41, 5.74) is 1.29. The lowest BCUT2D eigenvalue weighted by atomic mass is 10.1. The molecule has 24 heavy (non-hydrogen) atoms. The minimum absolute atomic E-state index is 0.108. The Bertz CT molecular complexity index is 855. The number of benzene rings is 1. The third kappa shape index (κ3) is 3.12. The van der Waals surface area contributed by atoms with Crippen molar-refractivity contribution in [2.75, 3.05) is 6.54 Å². The maximum Gasteiger partial charge on any atom is 0.315 e. The number of carbonyl (C=O) groups is 1. The van der Waals surface area contributed by atoms with Crippen LogP contribution in [-0.2, 0) is 19.4 Å². The molecule has 2 aromatic heterocycles. The topological polar surface area (TPSA) is 71.8 Å². The number of amides is 2. The van der Waals surface area contributed by atoms with Gasteiger partial charge in [0, 0.05) is 17.7 Å². The first kappa shape index (κ1) is 15.1. The van der Waals surface area contributed by atoms with E-state index in [1.165, 1.54) is 15.6 Å². The van der Waals surface area contributed by atoms with Crippen LogP contribution in [-0.4, -0.2) is 33.4 Å². The Kier molecular flexibility index (Phi) is 4.17. The number of hydrogen-bond donors (Lipinski definition) is 2. The van der Waals surface area contributed by atoms with Crippen LogP contribution in [0.3, 0.4) is 0 Å². The van der Waals surface area contributed by atoms with Crippen LogP contribution < -0.4 is 10.6 Å². The van der Waals surface area contributed by atoms with E-state index in [0.717, 1.165) is 25.1 Å². The normalized spacial score (nSPS) is 16.8. The highest BCUT2D eigenvalue weighted by Gasteiger charge is 2.21. The summed E-state index contributed by atoms with van der Waals surface area (Å²) in [5.74, 6) is 0.998. The van der Waals surface area contributed by atoms with Gasteiger partial charge in [0.1, 0.15) is 12.2 Å². The van der Waals surface area contributed by atoms with E-state index in [2.05, 4.69) is 50.4 Å². The number of rotatable bonds is 4. The van der Waals surface area contributed by atoms with E-state index >= 15 is 0 Å². The summed E-state index contributed by atoms with van der Waals surface area (Å²) >= 11 is 1.75. The quantitative estimate of drug-likeness (QED) is 0.765. The van der Waals surface area contributed by atoms with Gasteiger partial charge in [0.15, 0.2) is 0 Å². The van der Waals surface area contributed by atoms with E-state index < -0.39 is 0 Å². The molecule has 2 N–H and O–H groups in total. The van der Waals surface area contributed by atoms with Crippen molar-refractivity contribution in [3.8, 4) is 0 Å². The highest BCUT2D eigenvalue weighted by atomic mass is 32.1. The van der Waals surface area contributed by atoms with E-state index in [9.17, 15) is 4.79 Å². The molecule has 0 radical (unpaired) electrons. The number of nitrogens with zero attached hydrogens (tertiary/aromatic N) is 3. The van der Waals surface area contributed by atoms with Gasteiger partial charge in [-0.3, -0.25) is 0 Å². The largest absolute Gasteiger partial charge is 0.338 e. The molecule has 1 aliphatic rings. The molecule has 3 heterocycles. The number of carbonyl (C=O) groups excluding carboxylic acids is 1. The number of aryl methyl sites for hydroxylation is 1. The molecule has 0 aliphatic carbocycles. The molecule has 0 spiro atoms. The fraction of sp³-hybridized carbons (Fsp3) is 0.353. The molecule has 0 fully saturated rings. The second-order valence-electron chi connectivity index (χ2n) is 6.00. The number of hydrogen-bond acceptors (Lipinski definition) is 4. The van der Waals surface area contributed by atoms with Crippen molar-refractivity contribution in [1.29, 1.82) is 0 Å². The SMILES string of the molecule is O=C(NCCc1csc2ccccc12)NC1CCc2ncnn2C1. The van der Waals surface area contributed by atoms with Gasteiger partial charge in [-0.05, 0) is 35.2 Å². The smallest absolute Gasteiger partial charge is 0.315 e. The molecule has 3 aromatic rings. The van der Waals surface area contributed by atoms with Gasteiger partial charge < -0.3 is 10.6 Å². The molecule has 0 saturated heterocycles. The molecule has 6 nitrogen and oxygen atoms in total. The second-order valence-corrected chi connectivity index (χ2v) is 6.91. The molecule has 1 unspecified atom stereocenters. The molecule has 124 valence electrons. The first-order valence-electron chi connectivity index (χ1n) is 8.16. The molecule has 1 aromatic carbocycles. The van der Waals surface area contributed by atoms with Crippen molar-refractivity contribution in [2.45, 2.75) is 31.8 Å². The summed E-state index contributed by atoms with van der Waals surface area (Å²) in [6.07, 6.45) is 4.17. The Hall–Kier alpha value is -2.41. The first-order valence-corrected chi connectivity index (χ1v) is 9.04. The lowest BCUT2D eigenvalue weighted by molar-refractivity contribution is 0.232. The van der Waals surface area contributed by atoms with Gasteiger partial charge in [-0.2, -0.15) is 5.10 Å². The number of fused-ring (bicyclic) bond motifs is 2. The molecular formula is C17H19N5OS. The zero-order chi connectivity index (χ0) is 16.4. The zero-order valence-corrected chi connectivity index (χ0v) is 14.1. The van der Waals surface area contributed by atoms with Crippen molar-refractivity contribution < 1.29 is 4.79 Å². The Morgan fingerprint density at radius 2 is 2.29 bits per heavy atom. The van der Waals surface area contributed by atoms with Crippen molar-refractivity contribution in [3.05, 3.63) is 47.4 Å². The summed E-state index contributed by atoms with van der Waals surface area (Å²) < 4.78 is 3.16. The Morgan fingerprint density at radius 1 is 1.38 bits per heavy atom. The summed E-state index contributed by atoms with van der Waals surface area (Å²) in [7, 11) is 0. The number of urea groups is 1. The van der Waals surface area contributed by atoms with Gasteiger partial charge in [0.05, 0.1) is 12.6 Å². The Balaban J connectivity index is 1.27. The van der Waals surface area contributed by atoms with Gasteiger partial charge >= 0.3 is 6.03 Å². The molecule has 4 rings (SSSR count). The minimum Gasteiger partial charge on any atom is -0.338 e. The van der Waals surface area contributed by atoms with Gasteiger partial charge in [-0.15, -0.1) is 11.3 Å². The second kappa shape index (κ2) is 6.60. The zero-order valence-electron chi connectivity index (χ0n) is 13.2. The molecule has 2 amide bonds. The Labute approximate surface area is 143 Å². The van der Waals surface area contributed by atoms with Crippen LogP contribution in [0.4, 0.5) is 4.79 Å². The van der Waals surface area contributed by atoms with E-state index in [4.69, 9.17) is 0 Å². The fourth-order valence-electron chi connectivity index (χ4n) is 3.13. The van der Waals surface area contributed by atoms with Crippen LogP contribution in [0.1, 0.15) is 17.8 Å². The van der Waals surface area contributed by atoms with Crippen molar-refractivity contribution in [2.24, 2.45) is 0 Å². The third-order valence-corrected chi connectivity index (χ3v) is 5.39. The van der Waals surface area contributed by atoms with Gasteiger partial charge in [-0.25, -0.2) is 14.5 Å². The van der Waals surface area contributed by atoms with Crippen LogP contribution in [0.5, 0.6) is 0 Å². The minimum atomic E-state index is -0.108. The number of thiophene rings is 1. The maximum absolute atomic E-state index is 12.1. The molecule has 1 aliphatic heterocycles. The fourth-order valence-corrected chi connectivity index (χ4v) is 4.13. The predicted octanol–water partition coefficient (Wildman–Crippen LogP) is 2.35. The van der Waals surface area contributed by atoms with Gasteiger partial charge in [-0.1, -0.05) is 18.2 Å². The molecule has 0 bridgehead atoms. The highest BCUT2D eigenvalue weighted by Crippen LogP contribution is 2.25. The summed E-state index contributed by atoms with van der Waals surface area (Å²) in [6, 6.07) is 8.38. The van der Waals surface area contributed by atoms with E-state index in [-0.39, 0.29) is 12.1 Å². The van der Waals surface area contributed by atoms with Gasteiger partial charge in [0.25, 0.3) is 0 Å². The van der Waals surface area contributed by atoms with E-state index in [1.807, 2.05) is 4.68 Å². The number of aromatic nitrogens is 3. The van der Waals surface area contributed by atoms with Crippen LogP contribution >= 0.6 is 11.3 Å². The maximum atomic E-state index is 12.1. The van der Waals surface area contributed by atoms with E-state index in [0.29, 0.717) is 13.1 Å². The molecule has 0 saturated carbocycles. The average Bonchev–Trinajstić information content (AvgIpc) is 3.21. The standard InChI is InChI=1S/C17H19N5OS/c23-17(21-13-5-6-16-19-11-20-22(16)9-13)18-8-7-12-10-24-15-4-2-1-3-14(12)15/h1-4,10-11,13H,5-9H2,(H2,18,21,23). The number of nitrogens with one attached hydrogen (secondary N) is 2. The first-order chi connectivity index (χ1) is 11.8. The molecule has 1 atom stereocenters. The Morgan fingerprint density at radius 3 is 3.25 bits per heavy atom.